The van der Waals surface area contributed by atoms with E-state index in [2.05, 4.69) is 29.3 Å². The second-order valence-corrected chi connectivity index (χ2v) is 5.32. The maximum atomic E-state index is 10.5. The molecule has 1 heterocycles. The van der Waals surface area contributed by atoms with Crippen molar-refractivity contribution >= 4 is 17.7 Å². The molecule has 0 atom stereocenters. The van der Waals surface area contributed by atoms with Gasteiger partial charge in [0.2, 0.25) is 5.16 Å². The van der Waals surface area contributed by atoms with E-state index >= 15 is 0 Å². The van der Waals surface area contributed by atoms with Crippen molar-refractivity contribution in [3.8, 4) is 0 Å². The molecule has 0 fully saturated rings. The van der Waals surface area contributed by atoms with E-state index in [0.717, 1.165) is 18.2 Å². The largest absolute Gasteiger partial charge is 0.481 e. The molecule has 0 bridgehead atoms. The second-order valence-electron chi connectivity index (χ2n) is 4.38. The van der Waals surface area contributed by atoms with E-state index in [0.29, 0.717) is 17.4 Å². The zero-order valence-corrected chi connectivity index (χ0v) is 11.9. The first kappa shape index (κ1) is 14.4. The summed E-state index contributed by atoms with van der Waals surface area (Å²) in [4.78, 5) is 10.5. The van der Waals surface area contributed by atoms with Crippen molar-refractivity contribution in [1.29, 1.82) is 0 Å². The molecule has 2 rings (SSSR count). The number of aliphatic carboxylic acids is 1. The third-order valence-corrected chi connectivity index (χ3v) is 3.87. The molecule has 0 amide bonds. The van der Waals surface area contributed by atoms with Crippen LogP contribution >= 0.6 is 11.8 Å². The number of carboxylic acid groups (broad SMARTS) is 1. The van der Waals surface area contributed by atoms with Gasteiger partial charge in [-0.3, -0.25) is 4.79 Å². The fourth-order valence-corrected chi connectivity index (χ4v) is 2.44. The van der Waals surface area contributed by atoms with E-state index < -0.39 is 5.97 Å². The van der Waals surface area contributed by atoms with E-state index in [9.17, 15) is 4.79 Å². The van der Waals surface area contributed by atoms with Gasteiger partial charge in [0.1, 0.15) is 0 Å². The molecule has 0 radical (unpaired) electrons. The number of rotatable bonds is 6. The fraction of sp³-hybridized carbons (Fsp3) is 0.308. The number of aryl methyl sites for hydroxylation is 3. The standard InChI is InChI=1S/C13H16N4O2S/c1-9-4-2-3-5-10(9)6-7-11-15-16-13(17(11)14)20-8-12(18)19/h2-5H,6-8,14H2,1H3,(H,18,19). The number of nitrogens with two attached hydrogens (primary N) is 1. The van der Waals surface area contributed by atoms with Gasteiger partial charge < -0.3 is 10.9 Å². The van der Waals surface area contributed by atoms with Crippen molar-refractivity contribution < 1.29 is 9.90 Å². The average molecular weight is 292 g/mol. The number of carboxylic acids is 1. The van der Waals surface area contributed by atoms with Gasteiger partial charge in [-0.2, -0.15) is 0 Å². The fourth-order valence-electron chi connectivity index (χ4n) is 1.84. The summed E-state index contributed by atoms with van der Waals surface area (Å²) in [6, 6.07) is 8.15. The number of aromatic nitrogens is 3. The van der Waals surface area contributed by atoms with Gasteiger partial charge in [-0.05, 0) is 24.5 Å². The minimum absolute atomic E-state index is 0.0763. The predicted molar refractivity (Wildman–Crippen MR) is 77.1 cm³/mol. The maximum Gasteiger partial charge on any atom is 0.313 e. The summed E-state index contributed by atoms with van der Waals surface area (Å²) in [7, 11) is 0. The Morgan fingerprint density at radius 3 is 2.80 bits per heavy atom. The summed E-state index contributed by atoms with van der Waals surface area (Å²) < 4.78 is 1.37. The van der Waals surface area contributed by atoms with Crippen LogP contribution in [0, 0.1) is 6.92 Å². The zero-order valence-electron chi connectivity index (χ0n) is 11.1. The number of hydrogen-bond acceptors (Lipinski definition) is 5. The SMILES string of the molecule is Cc1ccccc1CCc1nnc(SCC(=O)O)n1N. The van der Waals surface area contributed by atoms with Crippen LogP contribution < -0.4 is 5.84 Å². The van der Waals surface area contributed by atoms with Gasteiger partial charge in [-0.1, -0.05) is 36.0 Å². The summed E-state index contributed by atoms with van der Waals surface area (Å²) in [6.07, 6.45) is 1.49. The molecule has 20 heavy (non-hydrogen) atoms. The first-order valence-electron chi connectivity index (χ1n) is 6.16. The van der Waals surface area contributed by atoms with E-state index in [1.165, 1.54) is 15.8 Å². The third-order valence-electron chi connectivity index (χ3n) is 2.94. The highest BCUT2D eigenvalue weighted by Crippen LogP contribution is 2.16. The first-order valence-corrected chi connectivity index (χ1v) is 7.15. The van der Waals surface area contributed by atoms with Crippen LogP contribution in [-0.2, 0) is 17.6 Å². The number of nitrogens with zero attached hydrogens (tertiary/aromatic N) is 3. The average Bonchev–Trinajstić information content (AvgIpc) is 2.76. The van der Waals surface area contributed by atoms with Gasteiger partial charge in [0.25, 0.3) is 0 Å². The molecular weight excluding hydrogens is 276 g/mol. The summed E-state index contributed by atoms with van der Waals surface area (Å²) in [5.74, 6) is 5.54. The van der Waals surface area contributed by atoms with Crippen LogP contribution in [-0.4, -0.2) is 31.7 Å². The second kappa shape index (κ2) is 6.42. The van der Waals surface area contributed by atoms with E-state index in [4.69, 9.17) is 10.9 Å². The van der Waals surface area contributed by atoms with Gasteiger partial charge in [0, 0.05) is 6.42 Å². The predicted octanol–water partition coefficient (Wildman–Crippen LogP) is 1.26. The number of hydrogen-bond donors (Lipinski definition) is 2. The summed E-state index contributed by atoms with van der Waals surface area (Å²) >= 11 is 1.07. The normalized spacial score (nSPS) is 10.7. The molecule has 0 spiro atoms. The lowest BCUT2D eigenvalue weighted by atomic mass is 10.0. The summed E-state index contributed by atoms with van der Waals surface area (Å²) in [6.45, 7) is 2.07. The summed E-state index contributed by atoms with van der Waals surface area (Å²) in [5.41, 5.74) is 2.48. The molecule has 0 unspecified atom stereocenters. The molecule has 7 heteroatoms. The highest BCUT2D eigenvalue weighted by atomic mass is 32.2. The van der Waals surface area contributed by atoms with E-state index in [1.807, 2.05) is 12.1 Å². The Kier molecular flexibility index (Phi) is 4.62. The Hall–Kier alpha value is -2.02. The number of carbonyl (C=O) groups is 1. The minimum Gasteiger partial charge on any atom is -0.481 e. The zero-order chi connectivity index (χ0) is 14.5. The Balaban J connectivity index is 2.00. The molecule has 0 aliphatic rings. The van der Waals surface area contributed by atoms with Crippen molar-refractivity contribution in [3.05, 3.63) is 41.2 Å². The van der Waals surface area contributed by atoms with Gasteiger partial charge >= 0.3 is 5.97 Å². The molecule has 6 nitrogen and oxygen atoms in total. The topological polar surface area (TPSA) is 94.0 Å². The molecular formula is C13H16N4O2S. The van der Waals surface area contributed by atoms with Gasteiger partial charge in [-0.25, -0.2) is 4.68 Å². The molecule has 0 saturated carbocycles. The molecule has 1 aromatic carbocycles. The Bertz CT molecular complexity index is 612. The van der Waals surface area contributed by atoms with Crippen LogP contribution in [0.1, 0.15) is 17.0 Å². The Morgan fingerprint density at radius 1 is 1.35 bits per heavy atom. The van der Waals surface area contributed by atoms with Crippen molar-refractivity contribution in [2.75, 3.05) is 11.6 Å². The lowest BCUT2D eigenvalue weighted by molar-refractivity contribution is -0.133. The number of benzene rings is 1. The van der Waals surface area contributed by atoms with E-state index in [-0.39, 0.29) is 5.75 Å². The molecule has 0 aliphatic heterocycles. The van der Waals surface area contributed by atoms with Gasteiger partial charge in [0.05, 0.1) is 5.75 Å². The molecule has 0 saturated heterocycles. The smallest absolute Gasteiger partial charge is 0.313 e. The highest BCUT2D eigenvalue weighted by molar-refractivity contribution is 7.99. The van der Waals surface area contributed by atoms with Crippen LogP contribution in [0.2, 0.25) is 0 Å². The van der Waals surface area contributed by atoms with Crippen molar-refractivity contribution in [1.82, 2.24) is 14.9 Å². The van der Waals surface area contributed by atoms with E-state index in [1.54, 1.807) is 0 Å². The highest BCUT2D eigenvalue weighted by Gasteiger charge is 2.12. The van der Waals surface area contributed by atoms with Crippen molar-refractivity contribution in [3.63, 3.8) is 0 Å². The monoisotopic (exact) mass is 292 g/mol. The van der Waals surface area contributed by atoms with Crippen molar-refractivity contribution in [2.24, 2.45) is 0 Å². The van der Waals surface area contributed by atoms with Gasteiger partial charge in [0.15, 0.2) is 5.82 Å². The number of nitrogen functional groups attached to an aromatic ring is 1. The van der Waals surface area contributed by atoms with Gasteiger partial charge in [-0.15, -0.1) is 10.2 Å². The summed E-state index contributed by atoms with van der Waals surface area (Å²) in [5, 5.41) is 17.0. The Labute approximate surface area is 121 Å². The lowest BCUT2D eigenvalue weighted by Crippen LogP contribution is -2.15. The van der Waals surface area contributed by atoms with Crippen LogP contribution in [0.3, 0.4) is 0 Å². The third kappa shape index (κ3) is 3.51. The molecule has 106 valence electrons. The van der Waals surface area contributed by atoms with Crippen LogP contribution in [0.4, 0.5) is 0 Å². The first-order chi connectivity index (χ1) is 9.58. The number of thioether (sulfide) groups is 1. The quantitative estimate of drug-likeness (QED) is 0.615. The van der Waals surface area contributed by atoms with Crippen molar-refractivity contribution in [2.45, 2.75) is 24.9 Å². The minimum atomic E-state index is -0.903. The lowest BCUT2D eigenvalue weighted by Gasteiger charge is -2.05. The van der Waals surface area contributed by atoms with Crippen LogP contribution in [0.25, 0.3) is 0 Å². The molecule has 1 aromatic heterocycles. The molecule has 0 aliphatic carbocycles. The molecule has 3 N–H and O–H groups in total. The maximum absolute atomic E-state index is 10.5. The van der Waals surface area contributed by atoms with Crippen LogP contribution in [0.5, 0.6) is 0 Å². The molecule has 2 aromatic rings. The van der Waals surface area contributed by atoms with Crippen LogP contribution in [0.15, 0.2) is 29.4 Å². The Morgan fingerprint density at radius 2 is 2.10 bits per heavy atom.